The fraction of sp³-hybridized carbons (Fsp3) is 0. The quantitative estimate of drug-likeness (QED) is 0.327. The van der Waals surface area contributed by atoms with E-state index in [0.29, 0.717) is 0 Å². The molecule has 0 spiro atoms. The predicted molar refractivity (Wildman–Crippen MR) is 60.7 cm³/mol. The van der Waals surface area contributed by atoms with Gasteiger partial charge in [0.05, 0.1) is 0 Å². The molecule has 0 amide bonds. The van der Waals surface area contributed by atoms with Gasteiger partial charge in [0.15, 0.2) is 0 Å². The Morgan fingerprint density at radius 2 is 1.00 bits per heavy atom. The molecule has 0 aromatic rings. The zero-order chi connectivity index (χ0) is 11.5. The molecular weight excluding hydrogens is 196 g/mol. The number of carbonyl (C=O) groups is 1. The monoisotopic (exact) mass is 200 g/mol. The SMILES string of the molecule is O=C1C#CC=C=C=CC#CC=C=C=CC#C1. The van der Waals surface area contributed by atoms with Crippen LogP contribution >= 0.6 is 0 Å². The summed E-state index contributed by atoms with van der Waals surface area (Å²) < 4.78 is 0. The molecule has 0 radical (unpaired) electrons. The van der Waals surface area contributed by atoms with E-state index in [1.54, 1.807) is 0 Å². The third-order valence-corrected chi connectivity index (χ3v) is 1.20. The van der Waals surface area contributed by atoms with Crippen molar-refractivity contribution in [3.8, 4) is 35.5 Å². The van der Waals surface area contributed by atoms with Gasteiger partial charge in [0, 0.05) is 24.3 Å². The molecule has 0 heterocycles. The van der Waals surface area contributed by atoms with Gasteiger partial charge in [-0.3, -0.25) is 4.79 Å². The fourth-order valence-electron chi connectivity index (χ4n) is 0.629. The van der Waals surface area contributed by atoms with Crippen LogP contribution in [-0.2, 0) is 4.79 Å². The van der Waals surface area contributed by atoms with E-state index >= 15 is 0 Å². The summed E-state index contributed by atoms with van der Waals surface area (Å²) in [6, 6.07) is 0. The minimum absolute atomic E-state index is 0.463. The Bertz CT molecular complexity index is 614. The molecule has 1 nitrogen and oxygen atoms in total. The second-order valence-electron chi connectivity index (χ2n) is 2.31. The van der Waals surface area contributed by atoms with Gasteiger partial charge in [-0.05, 0) is 11.8 Å². The highest BCUT2D eigenvalue weighted by Gasteiger charge is 1.82. The molecule has 1 aliphatic rings. The Labute approximate surface area is 93.9 Å². The number of rotatable bonds is 0. The molecule has 16 heavy (non-hydrogen) atoms. The smallest absolute Gasteiger partial charge is 0.270 e. The summed E-state index contributed by atoms with van der Waals surface area (Å²) in [6.07, 6.45) is 5.72. The van der Waals surface area contributed by atoms with Gasteiger partial charge in [-0.15, -0.1) is 0 Å². The molecular formula is C15H4O. The molecule has 0 saturated carbocycles. The maximum Gasteiger partial charge on any atom is 0.279 e. The van der Waals surface area contributed by atoms with Crippen LogP contribution in [-0.4, -0.2) is 5.78 Å². The maximum absolute atomic E-state index is 11.0. The highest BCUT2D eigenvalue weighted by atomic mass is 16.1. The Morgan fingerprint density at radius 3 is 1.44 bits per heavy atom. The van der Waals surface area contributed by atoms with E-state index in [-0.39, 0.29) is 0 Å². The summed E-state index contributed by atoms with van der Waals surface area (Å²) in [5.41, 5.74) is 10.5. The topological polar surface area (TPSA) is 17.1 Å². The number of hydrogen-bond donors (Lipinski definition) is 0. The van der Waals surface area contributed by atoms with Crippen molar-refractivity contribution in [1.29, 1.82) is 0 Å². The van der Waals surface area contributed by atoms with Crippen molar-refractivity contribution in [3.05, 3.63) is 47.2 Å². The third-order valence-electron chi connectivity index (χ3n) is 1.20. The van der Waals surface area contributed by atoms with Gasteiger partial charge in [0.2, 0.25) is 0 Å². The number of ketones is 1. The van der Waals surface area contributed by atoms with Gasteiger partial charge in [0.25, 0.3) is 5.78 Å². The van der Waals surface area contributed by atoms with Crippen molar-refractivity contribution in [1.82, 2.24) is 0 Å². The van der Waals surface area contributed by atoms with Crippen molar-refractivity contribution in [2.75, 3.05) is 0 Å². The zero-order valence-electron chi connectivity index (χ0n) is 8.22. The van der Waals surface area contributed by atoms with Crippen molar-refractivity contribution in [2.24, 2.45) is 0 Å². The lowest BCUT2D eigenvalue weighted by Crippen LogP contribution is -1.84. The van der Waals surface area contributed by atoms with E-state index in [1.807, 2.05) is 0 Å². The second kappa shape index (κ2) is 7.36. The predicted octanol–water partition coefficient (Wildman–Crippen LogP) is 1.31. The molecule has 0 unspecified atom stereocenters. The third kappa shape index (κ3) is 5.57. The lowest BCUT2D eigenvalue weighted by molar-refractivity contribution is -0.108. The molecule has 1 aliphatic carbocycles. The first kappa shape index (κ1) is 11.0. The van der Waals surface area contributed by atoms with E-state index in [0.717, 1.165) is 0 Å². The van der Waals surface area contributed by atoms with Gasteiger partial charge in [-0.1, -0.05) is 46.6 Å². The maximum atomic E-state index is 11.0. The van der Waals surface area contributed by atoms with Gasteiger partial charge < -0.3 is 0 Å². The van der Waals surface area contributed by atoms with Crippen LogP contribution in [0.2, 0.25) is 0 Å². The second-order valence-corrected chi connectivity index (χ2v) is 2.31. The minimum Gasteiger partial charge on any atom is -0.270 e. The number of hydrogen-bond acceptors (Lipinski definition) is 1. The average molecular weight is 200 g/mol. The first-order valence-electron chi connectivity index (χ1n) is 4.26. The molecule has 1 rings (SSSR count). The molecule has 70 valence electrons. The summed E-state index contributed by atoms with van der Waals surface area (Å²) in [6.45, 7) is 0. The van der Waals surface area contributed by atoms with Crippen LogP contribution in [0.5, 0.6) is 0 Å². The highest BCUT2D eigenvalue weighted by Crippen LogP contribution is 1.70. The number of Topliss-reactive ketones (excluding diaryl/α,β-unsaturated/α-hetero) is 1. The summed E-state index contributed by atoms with van der Waals surface area (Å²) >= 11 is 0. The van der Waals surface area contributed by atoms with Crippen LogP contribution in [0.3, 0.4) is 0 Å². The summed E-state index contributed by atoms with van der Waals surface area (Å²) in [7, 11) is 0. The molecule has 0 saturated heterocycles. The van der Waals surface area contributed by atoms with Crippen molar-refractivity contribution >= 4 is 5.78 Å². The summed E-state index contributed by atoms with van der Waals surface area (Å²) in [4.78, 5) is 11.0. The normalized spacial score (nSPS) is 11.4. The van der Waals surface area contributed by atoms with Crippen LogP contribution in [0.15, 0.2) is 47.2 Å². The van der Waals surface area contributed by atoms with E-state index in [1.165, 1.54) is 24.3 Å². The molecule has 0 N–H and O–H groups in total. The largest absolute Gasteiger partial charge is 0.279 e. The minimum atomic E-state index is -0.463. The molecule has 0 aromatic heterocycles. The first-order chi connectivity index (χ1) is 7.89. The van der Waals surface area contributed by atoms with Crippen LogP contribution in [0.1, 0.15) is 0 Å². The number of carbonyl (C=O) groups excluding carboxylic acids is 1. The van der Waals surface area contributed by atoms with Crippen molar-refractivity contribution in [3.63, 3.8) is 0 Å². The van der Waals surface area contributed by atoms with Gasteiger partial charge in [-0.2, -0.15) is 0 Å². The van der Waals surface area contributed by atoms with Crippen LogP contribution in [0.25, 0.3) is 0 Å². The molecule has 0 atom stereocenters. The van der Waals surface area contributed by atoms with E-state index < -0.39 is 5.78 Å². The zero-order valence-corrected chi connectivity index (χ0v) is 8.22. The van der Waals surface area contributed by atoms with Crippen LogP contribution < -0.4 is 0 Å². The molecule has 0 aromatic carbocycles. The highest BCUT2D eigenvalue weighted by molar-refractivity contribution is 6.09. The Hall–Kier alpha value is -3.05. The van der Waals surface area contributed by atoms with Crippen molar-refractivity contribution < 1.29 is 4.79 Å². The lowest BCUT2D eigenvalue weighted by atomic mass is 10.4. The van der Waals surface area contributed by atoms with Gasteiger partial charge in [-0.25, -0.2) is 0 Å². The number of allylic oxidation sites excluding steroid dienone is 4. The standard InChI is InChI=1S/C15H4O/c16-15-13-11-9-7-5-3-1-2-4-6-8-10-12-14-15/h3-4,9-10H. The summed E-state index contributed by atoms with van der Waals surface area (Å²) in [5.74, 6) is 14.4. The van der Waals surface area contributed by atoms with E-state index in [9.17, 15) is 4.79 Å². The molecule has 0 aliphatic heterocycles. The Morgan fingerprint density at radius 1 is 0.625 bits per heavy atom. The molecule has 0 fully saturated rings. The van der Waals surface area contributed by atoms with Gasteiger partial charge >= 0.3 is 0 Å². The lowest BCUT2D eigenvalue weighted by Gasteiger charge is -1.67. The first-order valence-corrected chi connectivity index (χ1v) is 4.26. The average Bonchev–Trinajstić information content (AvgIpc) is 2.29. The van der Waals surface area contributed by atoms with Crippen molar-refractivity contribution in [2.45, 2.75) is 0 Å². The molecule has 0 bridgehead atoms. The van der Waals surface area contributed by atoms with Crippen LogP contribution in [0.4, 0.5) is 0 Å². The van der Waals surface area contributed by atoms with E-state index in [2.05, 4.69) is 58.4 Å². The Kier molecular flexibility index (Phi) is 5.07. The van der Waals surface area contributed by atoms with Crippen LogP contribution in [0, 0.1) is 35.5 Å². The summed E-state index contributed by atoms with van der Waals surface area (Å²) in [5, 5.41) is 0. The fourth-order valence-corrected chi connectivity index (χ4v) is 0.629. The molecule has 1 heteroatoms. The van der Waals surface area contributed by atoms with Gasteiger partial charge in [0.1, 0.15) is 0 Å². The Balaban J connectivity index is 3.16. The van der Waals surface area contributed by atoms with E-state index in [4.69, 9.17) is 0 Å².